The Morgan fingerprint density at radius 1 is 1.04 bits per heavy atom. The van der Waals surface area contributed by atoms with Crippen LogP contribution in [0.2, 0.25) is 0 Å². The first-order valence-electron chi connectivity index (χ1n) is 15.2. The summed E-state index contributed by atoms with van der Waals surface area (Å²) >= 11 is 0. The number of aliphatic hydroxyl groups is 1. The van der Waals surface area contributed by atoms with Crippen LogP contribution in [0.15, 0.2) is 54.7 Å². The predicted octanol–water partition coefficient (Wildman–Crippen LogP) is 5.35. The molecule has 12 heteroatoms. The second kappa shape index (κ2) is 13.6. The third kappa shape index (κ3) is 8.09. The second-order valence-corrected chi connectivity index (χ2v) is 13.8. The van der Waals surface area contributed by atoms with E-state index < -0.39 is 65.1 Å². The first-order chi connectivity index (χ1) is 21.5. The van der Waals surface area contributed by atoms with Gasteiger partial charge in [0, 0.05) is 43.9 Å². The van der Waals surface area contributed by atoms with E-state index in [4.69, 9.17) is 9.72 Å². The number of aliphatic carboxylic acids is 1. The zero-order chi connectivity index (χ0) is 34.0. The van der Waals surface area contributed by atoms with Crippen LogP contribution >= 0.6 is 0 Å². The lowest BCUT2D eigenvalue weighted by atomic mass is 9.83. The summed E-state index contributed by atoms with van der Waals surface area (Å²) in [5.74, 6) is -4.50. The van der Waals surface area contributed by atoms with Crippen LogP contribution in [0.3, 0.4) is 0 Å². The molecule has 2 aromatic carbocycles. The number of aliphatic hydroxyl groups excluding tert-OH is 1. The molecule has 0 saturated carbocycles. The lowest BCUT2D eigenvalue weighted by Gasteiger charge is -2.41. The van der Waals surface area contributed by atoms with Gasteiger partial charge in [-0.2, -0.15) is 0 Å². The predicted molar refractivity (Wildman–Crippen MR) is 167 cm³/mol. The summed E-state index contributed by atoms with van der Waals surface area (Å²) in [5.41, 5.74) is -0.567. The van der Waals surface area contributed by atoms with Crippen LogP contribution in [0.1, 0.15) is 59.0 Å². The van der Waals surface area contributed by atoms with Gasteiger partial charge in [-0.15, -0.1) is 0 Å². The maximum Gasteiger partial charge on any atom is 0.410 e. The first-order valence-corrected chi connectivity index (χ1v) is 15.2. The number of likely N-dealkylation sites (tertiary alicyclic amines) is 1. The Hall–Kier alpha value is -4.32. The maximum absolute atomic E-state index is 15.0. The second-order valence-electron chi connectivity index (χ2n) is 13.8. The third-order valence-corrected chi connectivity index (χ3v) is 7.88. The molecule has 10 nitrogen and oxygen atoms in total. The topological polar surface area (TPSA) is 125 Å². The number of amides is 2. The quantitative estimate of drug-likeness (QED) is 0.323. The largest absolute Gasteiger partial charge is 0.481 e. The number of carbonyl (C=O) groups is 3. The Kier molecular flexibility index (Phi) is 10.2. The van der Waals surface area contributed by atoms with E-state index in [2.05, 4.69) is 0 Å². The molecule has 3 aromatic rings. The minimum Gasteiger partial charge on any atom is -0.481 e. The highest BCUT2D eigenvalue weighted by Gasteiger charge is 2.45. The number of hydrogen-bond acceptors (Lipinski definition) is 6. The fraction of sp³-hybridized carbons (Fsp3) is 0.471. The van der Waals surface area contributed by atoms with E-state index in [1.54, 1.807) is 31.5 Å². The number of rotatable bonds is 9. The molecule has 1 aliphatic heterocycles. The summed E-state index contributed by atoms with van der Waals surface area (Å²) in [6.45, 7) is 9.94. The van der Waals surface area contributed by atoms with E-state index in [1.165, 1.54) is 9.80 Å². The van der Waals surface area contributed by atoms with Crippen molar-refractivity contribution in [1.29, 1.82) is 0 Å². The summed E-state index contributed by atoms with van der Waals surface area (Å²) in [6, 6.07) is 11.6. The highest BCUT2D eigenvalue weighted by atomic mass is 19.1. The molecular weight excluding hydrogens is 598 g/mol. The average molecular weight is 641 g/mol. The zero-order valence-corrected chi connectivity index (χ0v) is 27.0. The minimum absolute atomic E-state index is 0.0101. The van der Waals surface area contributed by atoms with Crippen molar-refractivity contribution in [1.82, 2.24) is 19.4 Å². The van der Waals surface area contributed by atoms with Crippen molar-refractivity contribution in [3.8, 4) is 11.3 Å². The minimum atomic E-state index is -1.13. The normalized spacial score (nSPS) is 17.5. The van der Waals surface area contributed by atoms with E-state index in [1.807, 2.05) is 51.1 Å². The molecule has 1 aromatic heterocycles. The molecule has 1 saturated heterocycles. The van der Waals surface area contributed by atoms with E-state index >= 15 is 0 Å². The number of imidazole rings is 1. The van der Waals surface area contributed by atoms with Crippen LogP contribution < -0.4 is 0 Å². The molecule has 3 atom stereocenters. The van der Waals surface area contributed by atoms with Crippen molar-refractivity contribution in [3.63, 3.8) is 0 Å². The van der Waals surface area contributed by atoms with Gasteiger partial charge in [0.25, 0.3) is 0 Å². The highest BCUT2D eigenvalue weighted by Crippen LogP contribution is 2.41. The van der Waals surface area contributed by atoms with E-state index in [-0.39, 0.29) is 37.4 Å². The summed E-state index contributed by atoms with van der Waals surface area (Å²) in [6.07, 6.45) is 0.939. The van der Waals surface area contributed by atoms with Gasteiger partial charge in [0.05, 0.1) is 17.7 Å². The van der Waals surface area contributed by atoms with E-state index in [9.17, 15) is 33.4 Å². The molecule has 2 unspecified atom stereocenters. The Labute approximate surface area is 267 Å². The Bertz CT molecular complexity index is 1560. The fourth-order valence-electron chi connectivity index (χ4n) is 5.88. The lowest BCUT2D eigenvalue weighted by molar-refractivity contribution is -0.146. The number of nitrogens with zero attached hydrogens (tertiary/aromatic N) is 4. The number of benzene rings is 2. The molecule has 2 N–H and O–H groups in total. The van der Waals surface area contributed by atoms with Gasteiger partial charge in [-0.3, -0.25) is 9.59 Å². The molecule has 0 radical (unpaired) electrons. The van der Waals surface area contributed by atoms with Gasteiger partial charge in [-0.05, 0) is 49.9 Å². The van der Waals surface area contributed by atoms with Crippen LogP contribution in [0.25, 0.3) is 11.3 Å². The molecule has 0 spiro atoms. The standard InChI is InChI=1S/C34H42F2N4O6/c1-33(2,3)29(40(28(42)20-41)17-22-16-39(18-25(22)31(43)44)32(45)46-34(4,5)6)30-37-27(24-14-23(35)12-13-26(24)36)19-38(30)15-21-10-8-7-9-11-21/h7-14,19,22,25,29,41H,15-18,20H2,1-6H3,(H,43,44)/t22?,25?,29-/m0/s1. The summed E-state index contributed by atoms with van der Waals surface area (Å²) in [7, 11) is 0. The summed E-state index contributed by atoms with van der Waals surface area (Å²) in [5, 5.41) is 20.2. The Balaban J connectivity index is 1.81. The average Bonchev–Trinajstić information content (AvgIpc) is 3.57. The summed E-state index contributed by atoms with van der Waals surface area (Å²) < 4.78 is 36.5. The van der Waals surface area contributed by atoms with Gasteiger partial charge in [-0.25, -0.2) is 18.6 Å². The molecule has 1 aliphatic rings. The molecule has 2 heterocycles. The van der Waals surface area contributed by atoms with Crippen LogP contribution in [0, 0.1) is 28.9 Å². The molecule has 0 bridgehead atoms. The van der Waals surface area contributed by atoms with Gasteiger partial charge in [-0.1, -0.05) is 51.1 Å². The molecule has 46 heavy (non-hydrogen) atoms. The molecule has 2 amide bonds. The van der Waals surface area contributed by atoms with Crippen molar-refractivity contribution < 1.29 is 38.1 Å². The summed E-state index contributed by atoms with van der Waals surface area (Å²) in [4.78, 5) is 46.3. The van der Waals surface area contributed by atoms with Gasteiger partial charge < -0.3 is 29.3 Å². The van der Waals surface area contributed by atoms with Crippen molar-refractivity contribution in [2.24, 2.45) is 17.3 Å². The van der Waals surface area contributed by atoms with Crippen molar-refractivity contribution in [2.45, 2.75) is 59.7 Å². The van der Waals surface area contributed by atoms with Crippen LogP contribution in [0.5, 0.6) is 0 Å². The molecule has 248 valence electrons. The third-order valence-electron chi connectivity index (χ3n) is 7.88. The van der Waals surface area contributed by atoms with Crippen molar-refractivity contribution in [2.75, 3.05) is 26.2 Å². The Morgan fingerprint density at radius 2 is 1.72 bits per heavy atom. The molecule has 1 fully saturated rings. The van der Waals surface area contributed by atoms with E-state index in [0.29, 0.717) is 5.82 Å². The van der Waals surface area contributed by atoms with Crippen LogP contribution in [-0.4, -0.2) is 79.4 Å². The maximum atomic E-state index is 15.0. The number of halogens is 2. The van der Waals surface area contributed by atoms with Crippen LogP contribution in [-0.2, 0) is 20.9 Å². The van der Waals surface area contributed by atoms with Crippen molar-refractivity contribution >= 4 is 18.0 Å². The van der Waals surface area contributed by atoms with Gasteiger partial charge in [0.2, 0.25) is 5.91 Å². The highest BCUT2D eigenvalue weighted by molar-refractivity contribution is 5.78. The molecule has 0 aliphatic carbocycles. The number of carboxylic acid groups (broad SMARTS) is 1. The van der Waals surface area contributed by atoms with Crippen molar-refractivity contribution in [3.05, 3.63) is 77.8 Å². The smallest absolute Gasteiger partial charge is 0.410 e. The van der Waals surface area contributed by atoms with Crippen LogP contribution in [0.4, 0.5) is 13.6 Å². The van der Waals surface area contributed by atoms with Gasteiger partial charge in [0.15, 0.2) is 0 Å². The Morgan fingerprint density at radius 3 is 2.30 bits per heavy atom. The monoisotopic (exact) mass is 640 g/mol. The number of carbonyl (C=O) groups excluding carboxylic acids is 2. The van der Waals surface area contributed by atoms with Gasteiger partial charge >= 0.3 is 12.1 Å². The first kappa shape index (κ1) is 34.6. The molecular formula is C34H42F2N4O6. The molecule has 4 rings (SSSR count). The zero-order valence-electron chi connectivity index (χ0n) is 27.0. The number of hydrogen-bond donors (Lipinski definition) is 2. The lowest BCUT2D eigenvalue weighted by Crippen LogP contribution is -2.47. The fourth-order valence-corrected chi connectivity index (χ4v) is 5.88. The number of aromatic nitrogens is 2. The van der Waals surface area contributed by atoms with E-state index in [0.717, 1.165) is 23.8 Å². The van der Waals surface area contributed by atoms with Gasteiger partial charge in [0.1, 0.15) is 29.7 Å². The number of ether oxygens (including phenoxy) is 1. The SMILES string of the molecule is CC(C)(C)OC(=O)N1CC(CN(C(=O)CO)[C@@H](c2nc(-c3cc(F)ccc3F)cn2Cc2ccccc2)C(C)(C)C)C(C(=O)O)C1. The number of carboxylic acids is 1.